The van der Waals surface area contributed by atoms with Gasteiger partial charge in [-0.25, -0.2) is 9.97 Å². The number of nitrogens with zero attached hydrogens (tertiary/aromatic N) is 6. The van der Waals surface area contributed by atoms with Crippen LogP contribution in [0.3, 0.4) is 0 Å². The van der Waals surface area contributed by atoms with Gasteiger partial charge >= 0.3 is 0 Å². The SMILES string of the molecule is CCCCCCCCCCCCOc1ccc(-c2cc(COc3ccc(-c4cc(-c5ccccn5)nc(-c5ccccn5)c4)cc3)c(-c3ccc(OCCCCCCCCCCCC)cc3)cc2COc2ccc(-c3cc(-c4ccccn4)nc(-c4ccccn4)c3)cc2)cc1. The standard InChI is InChI=1S/C86H92N6O4/c1-3-5-7-9-11-13-15-17-19-29-55-93-73-47-39-67(40-48-73)77-57-72(64-96-76-45-37-66(38-46-76)70-61-85(81-33-23-27-53-89-81)92-86(62-70)82-34-24-28-54-90-82)78(68-41-49-74(50-42-68)94-56-30-20-18-16-14-12-10-8-6-4-2)58-71(77)63-95-75-43-35-65(36-44-75)69-59-83(79-31-21-25-51-87-79)91-84(60-69)80-32-22-26-52-88-80/h21-28,31-54,57-62H,3-20,29-30,55-56,63-64H2,1-2H3. The molecule has 0 aliphatic carbocycles. The summed E-state index contributed by atoms with van der Waals surface area (Å²) in [4.78, 5) is 28.6. The molecule has 0 spiro atoms. The van der Waals surface area contributed by atoms with Crippen LogP contribution in [0.1, 0.15) is 153 Å². The zero-order valence-electron chi connectivity index (χ0n) is 56.2. The summed E-state index contributed by atoms with van der Waals surface area (Å²) in [5.41, 5.74) is 16.6. The first-order valence-electron chi connectivity index (χ1n) is 35.3. The van der Waals surface area contributed by atoms with Crippen molar-refractivity contribution in [3.63, 3.8) is 0 Å². The molecule has 0 aliphatic heterocycles. The third kappa shape index (κ3) is 20.1. The summed E-state index contributed by atoms with van der Waals surface area (Å²) in [5, 5.41) is 0. The van der Waals surface area contributed by atoms with Crippen molar-refractivity contribution in [2.24, 2.45) is 0 Å². The lowest BCUT2D eigenvalue weighted by atomic mass is 9.91. The number of rotatable bonds is 38. The number of hydrogen-bond donors (Lipinski definition) is 0. The monoisotopic (exact) mass is 1270 g/mol. The van der Waals surface area contributed by atoms with Crippen LogP contribution in [0.2, 0.25) is 0 Å². The van der Waals surface area contributed by atoms with E-state index in [1.165, 1.54) is 116 Å². The first-order valence-corrected chi connectivity index (χ1v) is 35.3. The Kier molecular flexibility index (Phi) is 25.9. The topological polar surface area (TPSA) is 114 Å². The van der Waals surface area contributed by atoms with E-state index in [1.54, 1.807) is 24.8 Å². The maximum absolute atomic E-state index is 6.86. The molecule has 11 aromatic rings. The second kappa shape index (κ2) is 36.8. The van der Waals surface area contributed by atoms with Crippen molar-refractivity contribution in [1.29, 1.82) is 0 Å². The van der Waals surface area contributed by atoms with Crippen LogP contribution in [0.25, 0.3) is 90.1 Å². The van der Waals surface area contributed by atoms with Gasteiger partial charge in [0.15, 0.2) is 0 Å². The Bertz CT molecular complexity index is 3680. The van der Waals surface area contributed by atoms with E-state index in [1.807, 2.05) is 97.1 Å². The molecule has 0 fully saturated rings. The molecule has 0 amide bonds. The third-order valence-electron chi connectivity index (χ3n) is 17.7. The molecule has 0 atom stereocenters. The Labute approximate surface area is 569 Å². The highest BCUT2D eigenvalue weighted by Crippen LogP contribution is 2.38. The van der Waals surface area contributed by atoms with E-state index in [4.69, 9.17) is 28.9 Å². The molecular formula is C86H92N6O4. The van der Waals surface area contributed by atoms with Gasteiger partial charge < -0.3 is 18.9 Å². The summed E-state index contributed by atoms with van der Waals surface area (Å²) >= 11 is 0. The van der Waals surface area contributed by atoms with Crippen molar-refractivity contribution >= 4 is 0 Å². The van der Waals surface area contributed by atoms with Gasteiger partial charge in [0, 0.05) is 24.8 Å². The molecule has 10 heteroatoms. The fourth-order valence-electron chi connectivity index (χ4n) is 12.3. The Morgan fingerprint density at radius 3 is 0.792 bits per heavy atom. The first-order chi connectivity index (χ1) is 47.5. The van der Waals surface area contributed by atoms with Gasteiger partial charge in [0.05, 0.1) is 58.8 Å². The van der Waals surface area contributed by atoms with Gasteiger partial charge in [-0.3, -0.25) is 19.9 Å². The van der Waals surface area contributed by atoms with Crippen LogP contribution in [0, 0.1) is 0 Å². The van der Waals surface area contributed by atoms with Gasteiger partial charge in [-0.15, -0.1) is 0 Å². The number of aromatic nitrogens is 6. The van der Waals surface area contributed by atoms with Crippen LogP contribution in [0.5, 0.6) is 23.0 Å². The molecule has 0 unspecified atom stereocenters. The normalized spacial score (nSPS) is 11.2. The molecule has 6 aromatic heterocycles. The number of unbranched alkanes of at least 4 members (excludes halogenated alkanes) is 18. The highest BCUT2D eigenvalue weighted by Gasteiger charge is 2.18. The van der Waals surface area contributed by atoms with Crippen molar-refractivity contribution in [2.75, 3.05) is 13.2 Å². The zero-order valence-corrected chi connectivity index (χ0v) is 56.2. The maximum Gasteiger partial charge on any atom is 0.119 e. The number of hydrogen-bond acceptors (Lipinski definition) is 10. The highest BCUT2D eigenvalue weighted by molar-refractivity contribution is 5.79. The van der Waals surface area contributed by atoms with Crippen molar-refractivity contribution in [2.45, 2.75) is 155 Å². The van der Waals surface area contributed by atoms with E-state index in [2.05, 4.69) is 143 Å². The second-order valence-electron chi connectivity index (χ2n) is 25.0. The molecule has 6 heterocycles. The molecule has 0 aliphatic rings. The number of benzene rings is 5. The van der Waals surface area contributed by atoms with Crippen molar-refractivity contribution in [3.05, 3.63) is 242 Å². The lowest BCUT2D eigenvalue weighted by Gasteiger charge is -2.19. The Hall–Kier alpha value is -9.80. The molecule has 0 bridgehead atoms. The Morgan fingerprint density at radius 2 is 0.510 bits per heavy atom. The lowest BCUT2D eigenvalue weighted by Crippen LogP contribution is -2.04. The number of pyridine rings is 6. The van der Waals surface area contributed by atoms with Crippen molar-refractivity contribution in [3.8, 4) is 113 Å². The minimum atomic E-state index is 0.309. The molecule has 10 nitrogen and oxygen atoms in total. The largest absolute Gasteiger partial charge is 0.494 e. The van der Waals surface area contributed by atoms with E-state index >= 15 is 0 Å². The molecule has 490 valence electrons. The Balaban J connectivity index is 0.868. The molecule has 0 saturated carbocycles. The predicted octanol–water partition coefficient (Wildman–Crippen LogP) is 23.2. The molecule has 0 N–H and O–H groups in total. The molecule has 11 rings (SSSR count). The third-order valence-corrected chi connectivity index (χ3v) is 17.7. The van der Waals surface area contributed by atoms with Gasteiger partial charge in [-0.2, -0.15) is 0 Å². The molecule has 0 saturated heterocycles. The van der Waals surface area contributed by atoms with Crippen molar-refractivity contribution < 1.29 is 18.9 Å². The zero-order chi connectivity index (χ0) is 65.6. The van der Waals surface area contributed by atoms with Crippen LogP contribution in [-0.4, -0.2) is 43.1 Å². The first kappa shape index (κ1) is 67.6. The predicted molar refractivity (Wildman–Crippen MR) is 393 cm³/mol. The lowest BCUT2D eigenvalue weighted by molar-refractivity contribution is 0.303. The van der Waals surface area contributed by atoms with Gasteiger partial charge in [0.2, 0.25) is 0 Å². The summed E-state index contributed by atoms with van der Waals surface area (Å²) in [5.74, 6) is 3.23. The fourth-order valence-corrected chi connectivity index (χ4v) is 12.3. The van der Waals surface area contributed by atoms with Crippen LogP contribution in [0.4, 0.5) is 0 Å². The van der Waals surface area contributed by atoms with Crippen LogP contribution in [0.15, 0.2) is 231 Å². The smallest absolute Gasteiger partial charge is 0.119 e. The summed E-state index contributed by atoms with van der Waals surface area (Å²) in [6.45, 7) is 6.58. The fraction of sp³-hybridized carbons (Fsp3) is 0.302. The second-order valence-corrected chi connectivity index (χ2v) is 25.0. The molecule has 96 heavy (non-hydrogen) atoms. The molecule has 0 radical (unpaired) electrons. The van der Waals surface area contributed by atoms with Gasteiger partial charge in [-0.1, -0.05) is 202 Å². The van der Waals surface area contributed by atoms with E-state index in [9.17, 15) is 0 Å². The van der Waals surface area contributed by atoms with Crippen molar-refractivity contribution in [1.82, 2.24) is 29.9 Å². The maximum atomic E-state index is 6.86. The van der Waals surface area contributed by atoms with Crippen LogP contribution < -0.4 is 18.9 Å². The average Bonchev–Trinajstić information content (AvgIpc) is 1.35. The van der Waals surface area contributed by atoms with Crippen LogP contribution >= 0.6 is 0 Å². The molecular weight excluding hydrogens is 1180 g/mol. The minimum absolute atomic E-state index is 0.309. The average molecular weight is 1270 g/mol. The van der Waals surface area contributed by atoms with Gasteiger partial charge in [0.25, 0.3) is 0 Å². The van der Waals surface area contributed by atoms with E-state index in [0.717, 1.165) is 137 Å². The van der Waals surface area contributed by atoms with E-state index in [-0.39, 0.29) is 0 Å². The van der Waals surface area contributed by atoms with E-state index < -0.39 is 0 Å². The quantitative estimate of drug-likeness (QED) is 0.0347. The summed E-state index contributed by atoms with van der Waals surface area (Å²) in [7, 11) is 0. The highest BCUT2D eigenvalue weighted by atomic mass is 16.5. The Morgan fingerprint density at radius 1 is 0.240 bits per heavy atom. The molecule has 5 aromatic carbocycles. The summed E-state index contributed by atoms with van der Waals surface area (Å²) in [6, 6.07) is 70.3. The van der Waals surface area contributed by atoms with E-state index in [0.29, 0.717) is 26.4 Å². The van der Waals surface area contributed by atoms with Crippen LogP contribution in [-0.2, 0) is 13.2 Å². The number of ether oxygens (including phenoxy) is 4. The minimum Gasteiger partial charge on any atom is -0.494 e. The summed E-state index contributed by atoms with van der Waals surface area (Å²) < 4.78 is 26.5. The van der Waals surface area contributed by atoms with Gasteiger partial charge in [-0.05, 0) is 202 Å². The van der Waals surface area contributed by atoms with Gasteiger partial charge in [0.1, 0.15) is 36.2 Å². The summed E-state index contributed by atoms with van der Waals surface area (Å²) in [6.07, 6.45) is 32.9.